The molecular weight excluding hydrogens is 346 g/mol. The van der Waals surface area contributed by atoms with Crippen LogP contribution < -0.4 is 9.64 Å². The van der Waals surface area contributed by atoms with E-state index in [0.717, 1.165) is 50.6 Å². The highest BCUT2D eigenvalue weighted by Crippen LogP contribution is 2.28. The van der Waals surface area contributed by atoms with Crippen LogP contribution in [0.15, 0.2) is 72.9 Å². The van der Waals surface area contributed by atoms with Gasteiger partial charge in [-0.3, -0.25) is 9.88 Å². The monoisotopic (exact) mass is 373 g/mol. The minimum absolute atomic E-state index is 0.889. The fourth-order valence-electron chi connectivity index (χ4n) is 3.86. The van der Waals surface area contributed by atoms with Crippen molar-refractivity contribution >= 4 is 5.69 Å². The average molecular weight is 374 g/mol. The molecular formula is C24H27N3O. The number of ether oxygens (including phenoxy) is 1. The van der Waals surface area contributed by atoms with E-state index in [2.05, 4.69) is 69.4 Å². The quantitative estimate of drug-likeness (QED) is 0.660. The van der Waals surface area contributed by atoms with Gasteiger partial charge in [0, 0.05) is 38.9 Å². The maximum atomic E-state index is 5.55. The van der Waals surface area contributed by atoms with E-state index in [9.17, 15) is 0 Å². The molecule has 1 aliphatic rings. The van der Waals surface area contributed by atoms with Crippen molar-refractivity contribution in [1.29, 1.82) is 0 Å². The zero-order valence-electron chi connectivity index (χ0n) is 16.4. The van der Waals surface area contributed by atoms with Crippen LogP contribution in [0.5, 0.6) is 5.75 Å². The molecule has 0 aliphatic carbocycles. The zero-order valence-corrected chi connectivity index (χ0v) is 16.4. The Balaban J connectivity index is 1.43. The van der Waals surface area contributed by atoms with Gasteiger partial charge in [0.05, 0.1) is 18.5 Å². The number of benzene rings is 2. The number of aromatic nitrogens is 1. The molecule has 1 saturated heterocycles. The van der Waals surface area contributed by atoms with Gasteiger partial charge in [0.1, 0.15) is 5.75 Å². The summed E-state index contributed by atoms with van der Waals surface area (Å²) in [4.78, 5) is 9.56. The van der Waals surface area contributed by atoms with Gasteiger partial charge in [-0.05, 0) is 41.8 Å². The molecule has 0 atom stereocenters. The largest absolute Gasteiger partial charge is 0.495 e. The molecule has 1 aromatic heterocycles. The van der Waals surface area contributed by atoms with E-state index in [1.54, 1.807) is 7.11 Å². The molecule has 0 radical (unpaired) electrons. The SMILES string of the molecule is COc1ccccc1N1CCCN(Cc2cc(-c3ccccc3)ccn2)CC1. The third-order valence-corrected chi connectivity index (χ3v) is 5.32. The van der Waals surface area contributed by atoms with Crippen molar-refractivity contribution in [2.24, 2.45) is 0 Å². The van der Waals surface area contributed by atoms with E-state index in [1.165, 1.54) is 16.8 Å². The van der Waals surface area contributed by atoms with Crippen LogP contribution in [0, 0.1) is 0 Å². The number of pyridine rings is 1. The Morgan fingerprint density at radius 3 is 2.54 bits per heavy atom. The first-order chi connectivity index (χ1) is 13.8. The van der Waals surface area contributed by atoms with Gasteiger partial charge in [-0.15, -0.1) is 0 Å². The summed E-state index contributed by atoms with van der Waals surface area (Å²) in [5, 5.41) is 0. The Morgan fingerprint density at radius 1 is 0.857 bits per heavy atom. The van der Waals surface area contributed by atoms with Crippen molar-refractivity contribution in [2.75, 3.05) is 38.2 Å². The number of hydrogen-bond donors (Lipinski definition) is 0. The Bertz CT molecular complexity index is 897. The van der Waals surface area contributed by atoms with E-state index in [0.29, 0.717) is 0 Å². The van der Waals surface area contributed by atoms with Crippen molar-refractivity contribution in [1.82, 2.24) is 9.88 Å². The fraction of sp³-hybridized carbons (Fsp3) is 0.292. The molecule has 1 fully saturated rings. The lowest BCUT2D eigenvalue weighted by molar-refractivity contribution is 0.282. The van der Waals surface area contributed by atoms with Gasteiger partial charge in [0.2, 0.25) is 0 Å². The summed E-state index contributed by atoms with van der Waals surface area (Å²) in [6, 6.07) is 23.1. The highest BCUT2D eigenvalue weighted by atomic mass is 16.5. The molecule has 0 spiro atoms. The fourth-order valence-corrected chi connectivity index (χ4v) is 3.86. The molecule has 4 rings (SSSR count). The summed E-state index contributed by atoms with van der Waals surface area (Å²) in [5.74, 6) is 0.952. The summed E-state index contributed by atoms with van der Waals surface area (Å²) < 4.78 is 5.55. The maximum Gasteiger partial charge on any atom is 0.142 e. The lowest BCUT2D eigenvalue weighted by Gasteiger charge is -2.25. The van der Waals surface area contributed by atoms with Crippen molar-refractivity contribution in [3.8, 4) is 16.9 Å². The Hall–Kier alpha value is -2.85. The summed E-state index contributed by atoms with van der Waals surface area (Å²) in [7, 11) is 1.74. The van der Waals surface area contributed by atoms with Gasteiger partial charge in [0.15, 0.2) is 0 Å². The average Bonchev–Trinajstić information content (AvgIpc) is 3.00. The number of nitrogens with zero attached hydrogens (tertiary/aromatic N) is 3. The molecule has 0 saturated carbocycles. The highest BCUT2D eigenvalue weighted by molar-refractivity contribution is 5.63. The standard InChI is InChI=1S/C24H27N3O/c1-28-24-11-6-5-10-23(24)27-15-7-14-26(16-17-27)19-22-18-21(12-13-25-22)20-8-3-2-4-9-20/h2-6,8-13,18H,7,14-17,19H2,1H3. The van der Waals surface area contributed by atoms with Crippen molar-refractivity contribution in [2.45, 2.75) is 13.0 Å². The minimum atomic E-state index is 0.889. The molecule has 4 heteroatoms. The Labute approximate surface area is 167 Å². The third-order valence-electron chi connectivity index (χ3n) is 5.32. The smallest absolute Gasteiger partial charge is 0.142 e. The van der Waals surface area contributed by atoms with E-state index < -0.39 is 0 Å². The van der Waals surface area contributed by atoms with Gasteiger partial charge in [0.25, 0.3) is 0 Å². The Morgan fingerprint density at radius 2 is 1.68 bits per heavy atom. The van der Waals surface area contributed by atoms with Crippen LogP contribution in [-0.2, 0) is 6.54 Å². The van der Waals surface area contributed by atoms with E-state index in [-0.39, 0.29) is 0 Å². The molecule has 0 unspecified atom stereocenters. The molecule has 3 aromatic rings. The molecule has 144 valence electrons. The maximum absolute atomic E-state index is 5.55. The predicted octanol–water partition coefficient (Wildman–Crippen LogP) is 4.47. The van der Waals surface area contributed by atoms with Crippen molar-refractivity contribution in [3.63, 3.8) is 0 Å². The second kappa shape index (κ2) is 8.89. The topological polar surface area (TPSA) is 28.6 Å². The first-order valence-corrected chi connectivity index (χ1v) is 9.94. The molecule has 4 nitrogen and oxygen atoms in total. The first kappa shape index (κ1) is 18.5. The molecule has 28 heavy (non-hydrogen) atoms. The van der Waals surface area contributed by atoms with Crippen LogP contribution in [0.25, 0.3) is 11.1 Å². The summed E-state index contributed by atoms with van der Waals surface area (Å²) in [6.07, 6.45) is 3.06. The van der Waals surface area contributed by atoms with Crippen molar-refractivity contribution in [3.05, 3.63) is 78.6 Å². The number of methoxy groups -OCH3 is 1. The third kappa shape index (κ3) is 4.34. The lowest BCUT2D eigenvalue weighted by Crippen LogP contribution is -2.30. The molecule has 0 bridgehead atoms. The molecule has 1 aliphatic heterocycles. The molecule has 2 aromatic carbocycles. The van der Waals surface area contributed by atoms with E-state index >= 15 is 0 Å². The van der Waals surface area contributed by atoms with Crippen LogP contribution in [0.3, 0.4) is 0 Å². The van der Waals surface area contributed by atoms with Gasteiger partial charge in [-0.25, -0.2) is 0 Å². The number of anilines is 1. The summed E-state index contributed by atoms with van der Waals surface area (Å²) >= 11 is 0. The van der Waals surface area contributed by atoms with Crippen LogP contribution in [0.1, 0.15) is 12.1 Å². The van der Waals surface area contributed by atoms with E-state index in [1.807, 2.05) is 18.3 Å². The molecule has 0 amide bonds. The van der Waals surface area contributed by atoms with Crippen LogP contribution in [0.4, 0.5) is 5.69 Å². The summed E-state index contributed by atoms with van der Waals surface area (Å²) in [6.45, 7) is 5.05. The normalized spacial score (nSPS) is 15.2. The number of para-hydroxylation sites is 2. The zero-order chi connectivity index (χ0) is 19.2. The van der Waals surface area contributed by atoms with Gasteiger partial charge in [-0.2, -0.15) is 0 Å². The molecule has 0 N–H and O–H groups in total. The van der Waals surface area contributed by atoms with Crippen molar-refractivity contribution < 1.29 is 4.74 Å². The number of hydrogen-bond acceptors (Lipinski definition) is 4. The lowest BCUT2D eigenvalue weighted by atomic mass is 10.1. The summed E-state index contributed by atoms with van der Waals surface area (Å²) in [5.41, 5.74) is 4.79. The predicted molar refractivity (Wildman–Crippen MR) is 115 cm³/mol. The van der Waals surface area contributed by atoms with E-state index in [4.69, 9.17) is 4.74 Å². The van der Waals surface area contributed by atoms with Crippen LogP contribution >= 0.6 is 0 Å². The van der Waals surface area contributed by atoms with Crippen LogP contribution in [-0.4, -0.2) is 43.2 Å². The van der Waals surface area contributed by atoms with Gasteiger partial charge < -0.3 is 9.64 Å². The number of rotatable bonds is 5. The Kier molecular flexibility index (Phi) is 5.88. The van der Waals surface area contributed by atoms with Crippen LogP contribution in [0.2, 0.25) is 0 Å². The second-order valence-corrected chi connectivity index (χ2v) is 7.19. The first-order valence-electron chi connectivity index (χ1n) is 9.94. The minimum Gasteiger partial charge on any atom is -0.495 e. The second-order valence-electron chi connectivity index (χ2n) is 7.19. The highest BCUT2D eigenvalue weighted by Gasteiger charge is 2.18. The van der Waals surface area contributed by atoms with Gasteiger partial charge >= 0.3 is 0 Å². The molecule has 2 heterocycles. The van der Waals surface area contributed by atoms with Gasteiger partial charge in [-0.1, -0.05) is 42.5 Å².